The van der Waals surface area contributed by atoms with Crippen LogP contribution in [0.4, 0.5) is 4.39 Å². The summed E-state index contributed by atoms with van der Waals surface area (Å²) in [5, 5.41) is 3.55. The zero-order valence-corrected chi connectivity index (χ0v) is 12.4. The summed E-state index contributed by atoms with van der Waals surface area (Å²) in [4.78, 5) is 0. The van der Waals surface area contributed by atoms with Gasteiger partial charge in [-0.2, -0.15) is 0 Å². The molecule has 0 radical (unpaired) electrons. The molecule has 0 aliphatic heterocycles. The normalized spacial score (nSPS) is 13.7. The first-order valence-electron chi connectivity index (χ1n) is 6.43. The van der Waals surface area contributed by atoms with Gasteiger partial charge in [0.1, 0.15) is 5.82 Å². The van der Waals surface area contributed by atoms with Gasteiger partial charge in [0, 0.05) is 6.04 Å². The molecule has 1 atom stereocenters. The topological polar surface area (TPSA) is 12.0 Å². The molecule has 0 fully saturated rings. The van der Waals surface area contributed by atoms with E-state index in [1.807, 2.05) is 13.1 Å². The third-order valence-corrected chi connectivity index (χ3v) is 3.57. The van der Waals surface area contributed by atoms with E-state index in [-0.39, 0.29) is 10.8 Å². The Morgan fingerprint density at radius 2 is 2.00 bits per heavy atom. The van der Waals surface area contributed by atoms with Crippen LogP contribution in [0.5, 0.6) is 0 Å². The van der Waals surface area contributed by atoms with Gasteiger partial charge in [0.25, 0.3) is 0 Å². The minimum Gasteiger partial charge on any atom is -0.317 e. The van der Waals surface area contributed by atoms with Crippen molar-refractivity contribution in [3.8, 4) is 0 Å². The van der Waals surface area contributed by atoms with Crippen molar-refractivity contribution in [2.45, 2.75) is 46.1 Å². The summed E-state index contributed by atoms with van der Waals surface area (Å²) in [5.41, 5.74) is 1.20. The molecule has 1 aromatic rings. The summed E-state index contributed by atoms with van der Waals surface area (Å²) in [6.45, 7) is 6.69. The van der Waals surface area contributed by atoms with Gasteiger partial charge in [-0.15, -0.1) is 0 Å². The Hall–Kier alpha value is -0.600. The van der Waals surface area contributed by atoms with Crippen LogP contribution in [-0.4, -0.2) is 13.1 Å². The maximum atomic E-state index is 13.4. The predicted molar refractivity (Wildman–Crippen MR) is 76.7 cm³/mol. The van der Waals surface area contributed by atoms with Gasteiger partial charge >= 0.3 is 0 Å². The quantitative estimate of drug-likeness (QED) is 0.835. The van der Waals surface area contributed by atoms with E-state index in [9.17, 15) is 4.39 Å². The molecule has 1 N–H and O–H groups in total. The molecule has 1 unspecified atom stereocenters. The van der Waals surface area contributed by atoms with E-state index in [0.717, 1.165) is 24.8 Å². The fourth-order valence-corrected chi connectivity index (χ4v) is 2.13. The lowest BCUT2D eigenvalue weighted by molar-refractivity contribution is 0.334. The van der Waals surface area contributed by atoms with Crippen molar-refractivity contribution in [3.05, 3.63) is 34.6 Å². The number of hydrogen-bond donors (Lipinski definition) is 1. The molecule has 1 aromatic carbocycles. The van der Waals surface area contributed by atoms with Gasteiger partial charge in [-0.05, 0) is 43.4 Å². The molecular weight excluding hydrogens is 249 g/mol. The SMILES string of the molecule is CNC(CCC(C)(C)C)Cc1cccc(F)c1Cl. The fraction of sp³-hybridized carbons (Fsp3) is 0.600. The van der Waals surface area contributed by atoms with Gasteiger partial charge < -0.3 is 5.32 Å². The van der Waals surface area contributed by atoms with Crippen molar-refractivity contribution in [1.82, 2.24) is 5.32 Å². The average Bonchev–Trinajstić information content (AvgIpc) is 2.28. The molecule has 3 heteroatoms. The minimum absolute atomic E-state index is 0.258. The molecule has 0 aliphatic rings. The number of nitrogens with one attached hydrogen (secondary N) is 1. The highest BCUT2D eigenvalue weighted by Crippen LogP contribution is 2.25. The monoisotopic (exact) mass is 271 g/mol. The smallest absolute Gasteiger partial charge is 0.142 e. The molecule has 0 saturated heterocycles. The van der Waals surface area contributed by atoms with Crippen LogP contribution in [0, 0.1) is 11.2 Å². The Morgan fingerprint density at radius 3 is 2.56 bits per heavy atom. The van der Waals surface area contributed by atoms with Crippen LogP contribution in [0.1, 0.15) is 39.2 Å². The fourth-order valence-electron chi connectivity index (χ4n) is 1.93. The Labute approximate surface area is 115 Å². The molecule has 0 aliphatic carbocycles. The number of benzene rings is 1. The van der Waals surface area contributed by atoms with Crippen LogP contribution in [0.15, 0.2) is 18.2 Å². The third-order valence-electron chi connectivity index (χ3n) is 3.15. The second-order valence-corrected chi connectivity index (χ2v) is 6.38. The van der Waals surface area contributed by atoms with Crippen molar-refractivity contribution in [3.63, 3.8) is 0 Å². The summed E-state index contributed by atoms with van der Waals surface area (Å²) < 4.78 is 13.4. The maximum absolute atomic E-state index is 13.4. The standard InChI is InChI=1S/C15H23ClFN/c1-15(2,3)9-8-12(18-4)10-11-6-5-7-13(17)14(11)16/h5-7,12,18H,8-10H2,1-4H3. The van der Waals surface area contributed by atoms with Crippen molar-refractivity contribution in [1.29, 1.82) is 0 Å². The zero-order chi connectivity index (χ0) is 13.8. The van der Waals surface area contributed by atoms with Crippen LogP contribution < -0.4 is 5.32 Å². The average molecular weight is 272 g/mol. The van der Waals surface area contributed by atoms with Gasteiger partial charge in [0.15, 0.2) is 0 Å². The van der Waals surface area contributed by atoms with Crippen molar-refractivity contribution >= 4 is 11.6 Å². The molecule has 0 bridgehead atoms. The number of halogens is 2. The molecule has 0 aromatic heterocycles. The van der Waals surface area contributed by atoms with Gasteiger partial charge in [-0.3, -0.25) is 0 Å². The van der Waals surface area contributed by atoms with E-state index >= 15 is 0 Å². The molecule has 0 saturated carbocycles. The molecule has 18 heavy (non-hydrogen) atoms. The molecule has 1 rings (SSSR count). The van der Waals surface area contributed by atoms with E-state index in [1.54, 1.807) is 6.07 Å². The van der Waals surface area contributed by atoms with Crippen LogP contribution in [0.25, 0.3) is 0 Å². The van der Waals surface area contributed by atoms with E-state index in [4.69, 9.17) is 11.6 Å². The van der Waals surface area contributed by atoms with Crippen LogP contribution >= 0.6 is 11.6 Å². The summed E-state index contributed by atoms with van der Waals surface area (Å²) in [7, 11) is 1.94. The van der Waals surface area contributed by atoms with E-state index in [2.05, 4.69) is 26.1 Å². The highest BCUT2D eigenvalue weighted by molar-refractivity contribution is 6.31. The maximum Gasteiger partial charge on any atom is 0.142 e. The zero-order valence-electron chi connectivity index (χ0n) is 11.7. The Bertz CT molecular complexity index is 385. The first kappa shape index (κ1) is 15.5. The second kappa shape index (κ2) is 6.53. The number of likely N-dealkylation sites (N-methyl/N-ethyl adjacent to an activating group) is 1. The van der Waals surface area contributed by atoms with Crippen LogP contribution in [0.3, 0.4) is 0 Å². The first-order valence-corrected chi connectivity index (χ1v) is 6.81. The summed E-state index contributed by atoms with van der Waals surface area (Å²) in [5.74, 6) is -0.333. The van der Waals surface area contributed by atoms with E-state index < -0.39 is 0 Å². The van der Waals surface area contributed by atoms with Crippen molar-refractivity contribution in [2.75, 3.05) is 7.05 Å². The van der Waals surface area contributed by atoms with Crippen molar-refractivity contribution < 1.29 is 4.39 Å². The minimum atomic E-state index is -0.333. The lowest BCUT2D eigenvalue weighted by Crippen LogP contribution is -2.29. The first-order chi connectivity index (χ1) is 8.33. The Morgan fingerprint density at radius 1 is 1.33 bits per heavy atom. The molecular formula is C15H23ClFN. The van der Waals surface area contributed by atoms with Gasteiger partial charge in [-0.25, -0.2) is 4.39 Å². The summed E-state index contributed by atoms with van der Waals surface area (Å²) >= 11 is 5.98. The third kappa shape index (κ3) is 4.95. The molecule has 102 valence electrons. The predicted octanol–water partition coefficient (Wildman–Crippen LogP) is 4.44. The molecule has 0 amide bonds. The van der Waals surface area contributed by atoms with Gasteiger partial charge in [0.2, 0.25) is 0 Å². The van der Waals surface area contributed by atoms with Crippen molar-refractivity contribution in [2.24, 2.45) is 5.41 Å². The molecule has 0 heterocycles. The molecule has 1 nitrogen and oxygen atoms in total. The molecule has 0 spiro atoms. The lowest BCUT2D eigenvalue weighted by atomic mass is 9.87. The Kier molecular flexibility index (Phi) is 5.61. The van der Waals surface area contributed by atoms with E-state index in [1.165, 1.54) is 6.07 Å². The largest absolute Gasteiger partial charge is 0.317 e. The van der Waals surface area contributed by atoms with Crippen LogP contribution in [0.2, 0.25) is 5.02 Å². The van der Waals surface area contributed by atoms with Gasteiger partial charge in [-0.1, -0.05) is 44.5 Å². The van der Waals surface area contributed by atoms with Crippen LogP contribution in [-0.2, 0) is 6.42 Å². The Balaban J connectivity index is 2.65. The number of hydrogen-bond acceptors (Lipinski definition) is 1. The highest BCUT2D eigenvalue weighted by Gasteiger charge is 2.16. The summed E-state index contributed by atoms with van der Waals surface area (Å²) in [6, 6.07) is 5.35. The number of rotatable bonds is 5. The second-order valence-electron chi connectivity index (χ2n) is 6.00. The highest BCUT2D eigenvalue weighted by atomic mass is 35.5. The summed E-state index contributed by atoms with van der Waals surface area (Å²) in [6.07, 6.45) is 2.96. The van der Waals surface area contributed by atoms with E-state index in [0.29, 0.717) is 11.5 Å². The lowest BCUT2D eigenvalue weighted by Gasteiger charge is -2.23. The van der Waals surface area contributed by atoms with Gasteiger partial charge in [0.05, 0.1) is 5.02 Å².